The SMILES string of the molecule is CCc1cccc2c1nc(C(F)F)n2-c1cc(N2CCOCC2)cc(N2CCOCC2)c1. The van der Waals surface area contributed by atoms with E-state index in [1.165, 1.54) is 0 Å². The smallest absolute Gasteiger partial charge is 0.295 e. The summed E-state index contributed by atoms with van der Waals surface area (Å²) in [5.41, 5.74) is 5.08. The van der Waals surface area contributed by atoms with Crippen LogP contribution in [0.4, 0.5) is 20.2 Å². The Kier molecular flexibility index (Phi) is 5.97. The van der Waals surface area contributed by atoms with E-state index in [0.29, 0.717) is 43.1 Å². The number of nitrogens with zero attached hydrogens (tertiary/aromatic N) is 4. The maximum Gasteiger partial charge on any atom is 0.295 e. The van der Waals surface area contributed by atoms with Crippen LogP contribution >= 0.6 is 0 Å². The van der Waals surface area contributed by atoms with Gasteiger partial charge in [-0.2, -0.15) is 0 Å². The van der Waals surface area contributed by atoms with Crippen LogP contribution in [0.3, 0.4) is 0 Å². The number of imidazole rings is 1. The highest BCUT2D eigenvalue weighted by molar-refractivity contribution is 5.82. The van der Waals surface area contributed by atoms with E-state index in [9.17, 15) is 8.78 Å². The minimum Gasteiger partial charge on any atom is -0.378 e. The molecule has 2 saturated heterocycles. The minimum absolute atomic E-state index is 0.215. The molecule has 32 heavy (non-hydrogen) atoms. The van der Waals surface area contributed by atoms with E-state index in [0.717, 1.165) is 49.5 Å². The molecule has 0 atom stereocenters. The molecule has 1 aromatic heterocycles. The van der Waals surface area contributed by atoms with Gasteiger partial charge in [-0.25, -0.2) is 13.8 Å². The van der Waals surface area contributed by atoms with Crippen LogP contribution in [0.1, 0.15) is 24.7 Å². The summed E-state index contributed by atoms with van der Waals surface area (Å²) in [4.78, 5) is 8.91. The van der Waals surface area contributed by atoms with E-state index in [-0.39, 0.29) is 5.82 Å². The average Bonchev–Trinajstić information content (AvgIpc) is 3.25. The van der Waals surface area contributed by atoms with Gasteiger partial charge in [-0.3, -0.25) is 4.57 Å². The zero-order valence-corrected chi connectivity index (χ0v) is 18.3. The van der Waals surface area contributed by atoms with Crippen LogP contribution in [-0.2, 0) is 15.9 Å². The van der Waals surface area contributed by atoms with Crippen LogP contribution in [0, 0.1) is 0 Å². The van der Waals surface area contributed by atoms with Crippen molar-refractivity contribution >= 4 is 22.4 Å². The van der Waals surface area contributed by atoms with E-state index in [1.807, 2.05) is 37.3 Å². The third kappa shape index (κ3) is 3.93. The number of anilines is 2. The highest BCUT2D eigenvalue weighted by atomic mass is 19.3. The van der Waals surface area contributed by atoms with Gasteiger partial charge in [-0.1, -0.05) is 19.1 Å². The second-order valence-corrected chi connectivity index (χ2v) is 8.15. The van der Waals surface area contributed by atoms with Crippen LogP contribution in [-0.4, -0.2) is 62.2 Å². The Morgan fingerprint density at radius 2 is 1.44 bits per heavy atom. The zero-order chi connectivity index (χ0) is 22.1. The first-order valence-corrected chi connectivity index (χ1v) is 11.2. The summed E-state index contributed by atoms with van der Waals surface area (Å²) in [5.74, 6) is -0.215. The van der Waals surface area contributed by atoms with Crippen molar-refractivity contribution < 1.29 is 18.3 Å². The first-order valence-electron chi connectivity index (χ1n) is 11.2. The average molecular weight is 443 g/mol. The molecule has 3 heterocycles. The maximum atomic E-state index is 14.2. The van der Waals surface area contributed by atoms with E-state index in [1.54, 1.807) is 4.57 Å². The Morgan fingerprint density at radius 3 is 1.97 bits per heavy atom. The van der Waals surface area contributed by atoms with Crippen LogP contribution < -0.4 is 9.80 Å². The van der Waals surface area contributed by atoms with Crippen LogP contribution in [0.2, 0.25) is 0 Å². The minimum atomic E-state index is -2.68. The first kappa shape index (κ1) is 21.2. The molecular weight excluding hydrogens is 414 g/mol. The van der Waals surface area contributed by atoms with Crippen LogP contribution in [0.5, 0.6) is 0 Å². The fourth-order valence-electron chi connectivity index (χ4n) is 4.60. The normalized spacial score (nSPS) is 17.5. The number of alkyl halides is 2. The number of benzene rings is 2. The van der Waals surface area contributed by atoms with Gasteiger partial charge in [-0.15, -0.1) is 0 Å². The zero-order valence-electron chi connectivity index (χ0n) is 18.3. The molecule has 0 saturated carbocycles. The van der Waals surface area contributed by atoms with Gasteiger partial charge < -0.3 is 19.3 Å². The molecule has 0 N–H and O–H groups in total. The Morgan fingerprint density at radius 1 is 0.875 bits per heavy atom. The molecular formula is C24H28F2N4O2. The number of morpholine rings is 2. The number of halogens is 2. The molecule has 2 aliphatic heterocycles. The number of hydrogen-bond acceptors (Lipinski definition) is 5. The van der Waals surface area contributed by atoms with Crippen LogP contribution in [0.25, 0.3) is 16.7 Å². The number of aryl methyl sites for hydroxylation is 1. The summed E-state index contributed by atoms with van der Waals surface area (Å²) < 4.78 is 41.0. The second-order valence-electron chi connectivity index (χ2n) is 8.15. The molecule has 6 nitrogen and oxygen atoms in total. The summed E-state index contributed by atoms with van der Waals surface area (Å²) in [6, 6.07) is 11.9. The Labute approximate surface area is 186 Å². The van der Waals surface area contributed by atoms with Crippen molar-refractivity contribution in [3.8, 4) is 5.69 Å². The van der Waals surface area contributed by atoms with Crippen molar-refractivity contribution in [2.75, 3.05) is 62.4 Å². The lowest BCUT2D eigenvalue weighted by atomic mass is 10.1. The van der Waals surface area contributed by atoms with Crippen molar-refractivity contribution in [1.82, 2.24) is 9.55 Å². The Hall–Kier alpha value is -2.71. The number of ether oxygens (including phenoxy) is 2. The molecule has 0 bridgehead atoms. The van der Waals surface area contributed by atoms with Gasteiger partial charge in [0.25, 0.3) is 6.43 Å². The molecule has 0 spiro atoms. The number of fused-ring (bicyclic) bond motifs is 1. The van der Waals surface area contributed by atoms with E-state index in [2.05, 4.69) is 20.9 Å². The van der Waals surface area contributed by atoms with Gasteiger partial charge in [0, 0.05) is 37.6 Å². The molecule has 0 unspecified atom stereocenters. The molecule has 2 fully saturated rings. The van der Waals surface area contributed by atoms with E-state index in [4.69, 9.17) is 9.47 Å². The van der Waals surface area contributed by atoms with Gasteiger partial charge in [0.2, 0.25) is 0 Å². The number of para-hydroxylation sites is 1. The molecule has 0 radical (unpaired) electrons. The third-order valence-electron chi connectivity index (χ3n) is 6.27. The molecule has 0 amide bonds. The van der Waals surface area contributed by atoms with Gasteiger partial charge >= 0.3 is 0 Å². The summed E-state index contributed by atoms with van der Waals surface area (Å²) in [6.45, 7) is 7.76. The van der Waals surface area contributed by atoms with Gasteiger partial charge in [0.1, 0.15) is 0 Å². The fraction of sp³-hybridized carbons (Fsp3) is 0.458. The number of aromatic nitrogens is 2. The standard InChI is InChI=1S/C24H28F2N4O2/c1-2-17-4-3-5-21-22(17)27-24(23(25)26)30(21)20-15-18(28-6-10-31-11-7-28)14-19(16-20)29-8-12-32-13-9-29/h3-5,14-16,23H,2,6-13H2,1H3. The number of hydrogen-bond donors (Lipinski definition) is 0. The molecule has 2 aromatic carbocycles. The molecule has 2 aliphatic rings. The van der Waals surface area contributed by atoms with Crippen molar-refractivity contribution in [2.24, 2.45) is 0 Å². The summed E-state index contributed by atoms with van der Waals surface area (Å²) >= 11 is 0. The molecule has 8 heteroatoms. The maximum absolute atomic E-state index is 14.2. The van der Waals surface area contributed by atoms with E-state index < -0.39 is 6.43 Å². The lowest BCUT2D eigenvalue weighted by Gasteiger charge is -2.33. The van der Waals surface area contributed by atoms with Crippen molar-refractivity contribution in [1.29, 1.82) is 0 Å². The summed E-state index contributed by atoms with van der Waals surface area (Å²) in [5, 5.41) is 0. The number of rotatable bonds is 5. The summed E-state index contributed by atoms with van der Waals surface area (Å²) in [6.07, 6.45) is -1.94. The topological polar surface area (TPSA) is 42.8 Å². The monoisotopic (exact) mass is 442 g/mol. The highest BCUT2D eigenvalue weighted by Gasteiger charge is 2.24. The summed E-state index contributed by atoms with van der Waals surface area (Å²) in [7, 11) is 0. The predicted octanol–water partition coefficient (Wildman–Crippen LogP) is 4.20. The van der Waals surface area contributed by atoms with Crippen molar-refractivity contribution in [3.63, 3.8) is 0 Å². The van der Waals surface area contributed by atoms with Gasteiger partial charge in [0.05, 0.1) is 43.1 Å². The molecule has 3 aromatic rings. The largest absolute Gasteiger partial charge is 0.378 e. The molecule has 5 rings (SSSR count). The predicted molar refractivity (Wildman–Crippen MR) is 121 cm³/mol. The Bertz CT molecular complexity index is 1050. The molecule has 170 valence electrons. The lowest BCUT2D eigenvalue weighted by Crippen LogP contribution is -2.38. The Balaban J connectivity index is 1.70. The highest BCUT2D eigenvalue weighted by Crippen LogP contribution is 2.34. The fourth-order valence-corrected chi connectivity index (χ4v) is 4.60. The van der Waals surface area contributed by atoms with Crippen molar-refractivity contribution in [3.05, 3.63) is 47.8 Å². The van der Waals surface area contributed by atoms with Gasteiger partial charge in [0.15, 0.2) is 5.82 Å². The van der Waals surface area contributed by atoms with E-state index >= 15 is 0 Å². The van der Waals surface area contributed by atoms with Crippen LogP contribution in [0.15, 0.2) is 36.4 Å². The first-order chi connectivity index (χ1) is 15.7. The second kappa shape index (κ2) is 9.03. The van der Waals surface area contributed by atoms with Gasteiger partial charge in [-0.05, 0) is 36.2 Å². The lowest BCUT2D eigenvalue weighted by molar-refractivity contribution is 0.122. The van der Waals surface area contributed by atoms with Crippen molar-refractivity contribution in [2.45, 2.75) is 19.8 Å². The quantitative estimate of drug-likeness (QED) is 0.593. The molecule has 0 aliphatic carbocycles. The third-order valence-corrected chi connectivity index (χ3v) is 6.27.